The van der Waals surface area contributed by atoms with Crippen LogP contribution in [0.4, 0.5) is 27.5 Å². The van der Waals surface area contributed by atoms with Gasteiger partial charge in [0.25, 0.3) is 5.95 Å². The topological polar surface area (TPSA) is 114 Å². The van der Waals surface area contributed by atoms with Gasteiger partial charge >= 0.3 is 0 Å². The minimum absolute atomic E-state index is 0.107. The third-order valence-electron chi connectivity index (χ3n) is 5.68. The molecule has 5 rings (SSSR count). The number of hydrogen-bond acceptors (Lipinski definition) is 10. The Balaban J connectivity index is 1.23. The first-order chi connectivity index (χ1) is 18.0. The molecule has 0 amide bonds. The van der Waals surface area contributed by atoms with Crippen molar-refractivity contribution in [2.45, 2.75) is 20.4 Å². The first-order valence-corrected chi connectivity index (χ1v) is 11.9. The zero-order valence-corrected chi connectivity index (χ0v) is 20.6. The van der Waals surface area contributed by atoms with E-state index in [9.17, 15) is 4.39 Å². The zero-order chi connectivity index (χ0) is 25.6. The van der Waals surface area contributed by atoms with E-state index in [1.54, 1.807) is 12.4 Å². The Hall–Kier alpha value is -4.38. The third-order valence-corrected chi connectivity index (χ3v) is 5.68. The lowest BCUT2D eigenvalue weighted by atomic mass is 10.1. The normalized spacial score (nSPS) is 13.8. The summed E-state index contributed by atoms with van der Waals surface area (Å²) in [5.74, 6) is 0.567. The standard InChI is InChI=1S/C26H26FN9O/c1-17-11-19(24-5-6-28-18(2)32-24)13-22(12-17)33-21-4-3-20(29-14-21)15-31-35-26-30-16-23(27)25(34-26)36-7-9-37-10-8-36/h3-6,11-14,16,33H,7-10,15H2,1-2H3. The predicted octanol–water partition coefficient (Wildman–Crippen LogP) is 4.95. The molecule has 0 atom stereocenters. The second kappa shape index (κ2) is 11.1. The first-order valence-electron chi connectivity index (χ1n) is 11.9. The maximum absolute atomic E-state index is 14.2. The number of azo groups is 1. The van der Waals surface area contributed by atoms with Crippen molar-refractivity contribution in [1.29, 1.82) is 0 Å². The summed E-state index contributed by atoms with van der Waals surface area (Å²) < 4.78 is 19.5. The Morgan fingerprint density at radius 1 is 0.973 bits per heavy atom. The lowest BCUT2D eigenvalue weighted by Crippen LogP contribution is -2.37. The SMILES string of the molecule is Cc1cc(Nc2ccc(CN=Nc3ncc(F)c(N4CCOCC4)n3)nc2)cc(-c2ccnc(C)n2)c1. The number of anilines is 3. The number of pyridine rings is 1. The molecule has 1 N–H and O–H groups in total. The lowest BCUT2D eigenvalue weighted by Gasteiger charge is -2.27. The van der Waals surface area contributed by atoms with Crippen molar-refractivity contribution in [3.05, 3.63) is 77.9 Å². The minimum Gasteiger partial charge on any atom is -0.378 e. The van der Waals surface area contributed by atoms with Crippen molar-refractivity contribution in [2.24, 2.45) is 10.2 Å². The summed E-state index contributed by atoms with van der Waals surface area (Å²) in [7, 11) is 0. The Morgan fingerprint density at radius 2 is 1.84 bits per heavy atom. The molecule has 4 heterocycles. The van der Waals surface area contributed by atoms with Gasteiger partial charge in [0.2, 0.25) is 0 Å². The van der Waals surface area contributed by atoms with Crippen molar-refractivity contribution in [2.75, 3.05) is 36.5 Å². The van der Waals surface area contributed by atoms with E-state index in [1.165, 1.54) is 0 Å². The van der Waals surface area contributed by atoms with Crippen LogP contribution in [0.15, 0.2) is 65.2 Å². The molecule has 1 aromatic carbocycles. The van der Waals surface area contributed by atoms with E-state index in [0.29, 0.717) is 26.3 Å². The van der Waals surface area contributed by atoms with E-state index in [1.807, 2.05) is 43.0 Å². The van der Waals surface area contributed by atoms with Crippen molar-refractivity contribution >= 4 is 23.1 Å². The quantitative estimate of drug-likeness (QED) is 0.355. The van der Waals surface area contributed by atoms with Crippen LogP contribution in [0.1, 0.15) is 17.1 Å². The molecular formula is C26H26FN9O. The Labute approximate surface area is 213 Å². The molecule has 1 aliphatic rings. The molecule has 1 aliphatic heterocycles. The molecule has 0 saturated carbocycles. The molecule has 3 aromatic heterocycles. The van der Waals surface area contributed by atoms with Gasteiger partial charge < -0.3 is 15.0 Å². The predicted molar refractivity (Wildman–Crippen MR) is 138 cm³/mol. The Morgan fingerprint density at radius 3 is 2.62 bits per heavy atom. The molecule has 37 heavy (non-hydrogen) atoms. The van der Waals surface area contributed by atoms with Gasteiger partial charge in [0.15, 0.2) is 11.6 Å². The van der Waals surface area contributed by atoms with Gasteiger partial charge in [-0.25, -0.2) is 19.3 Å². The van der Waals surface area contributed by atoms with Gasteiger partial charge in [-0.15, -0.1) is 5.11 Å². The van der Waals surface area contributed by atoms with Crippen LogP contribution in [0, 0.1) is 19.7 Å². The summed E-state index contributed by atoms with van der Waals surface area (Å²) >= 11 is 0. The highest BCUT2D eigenvalue weighted by atomic mass is 19.1. The third kappa shape index (κ3) is 6.25. The highest BCUT2D eigenvalue weighted by Crippen LogP contribution is 2.26. The number of aryl methyl sites for hydroxylation is 2. The summed E-state index contributed by atoms with van der Waals surface area (Å²) in [6.07, 6.45) is 4.62. The van der Waals surface area contributed by atoms with Gasteiger partial charge in [0.1, 0.15) is 12.4 Å². The average Bonchev–Trinajstić information content (AvgIpc) is 2.91. The number of halogens is 1. The van der Waals surface area contributed by atoms with Crippen LogP contribution in [0.2, 0.25) is 0 Å². The molecule has 0 radical (unpaired) electrons. The summed E-state index contributed by atoms with van der Waals surface area (Å²) in [5.41, 5.74) is 5.50. The van der Waals surface area contributed by atoms with Crippen LogP contribution in [0.3, 0.4) is 0 Å². The molecule has 4 aromatic rings. The maximum Gasteiger partial charge on any atom is 0.270 e. The summed E-state index contributed by atoms with van der Waals surface area (Å²) in [6, 6.07) is 11.9. The van der Waals surface area contributed by atoms with E-state index < -0.39 is 5.82 Å². The van der Waals surface area contributed by atoms with Gasteiger partial charge in [-0.3, -0.25) is 4.98 Å². The van der Waals surface area contributed by atoms with Gasteiger partial charge in [-0.1, -0.05) is 0 Å². The van der Waals surface area contributed by atoms with E-state index in [2.05, 4.69) is 52.6 Å². The maximum atomic E-state index is 14.2. The van der Waals surface area contributed by atoms with Crippen LogP contribution in [0.5, 0.6) is 0 Å². The fourth-order valence-corrected chi connectivity index (χ4v) is 3.94. The monoisotopic (exact) mass is 499 g/mol. The average molecular weight is 500 g/mol. The van der Waals surface area contributed by atoms with Gasteiger partial charge in [0.05, 0.1) is 42.7 Å². The number of morpholine rings is 1. The van der Waals surface area contributed by atoms with Crippen molar-refractivity contribution in [3.8, 4) is 11.3 Å². The highest BCUT2D eigenvalue weighted by Gasteiger charge is 2.17. The summed E-state index contributed by atoms with van der Waals surface area (Å²) in [4.78, 5) is 23.1. The molecule has 10 nitrogen and oxygen atoms in total. The molecule has 11 heteroatoms. The van der Waals surface area contributed by atoms with Crippen molar-refractivity contribution in [3.63, 3.8) is 0 Å². The second-order valence-corrected chi connectivity index (χ2v) is 8.58. The number of aromatic nitrogens is 5. The van der Waals surface area contributed by atoms with Gasteiger partial charge in [-0.2, -0.15) is 10.1 Å². The van der Waals surface area contributed by atoms with Crippen LogP contribution >= 0.6 is 0 Å². The van der Waals surface area contributed by atoms with E-state index >= 15 is 0 Å². The molecule has 0 aliphatic carbocycles. The van der Waals surface area contributed by atoms with Crippen molar-refractivity contribution in [1.82, 2.24) is 24.9 Å². The fraction of sp³-hybridized carbons (Fsp3) is 0.269. The van der Waals surface area contributed by atoms with Gasteiger partial charge in [0, 0.05) is 30.5 Å². The fourth-order valence-electron chi connectivity index (χ4n) is 3.94. The molecule has 188 valence electrons. The molecule has 1 fully saturated rings. The first kappa shape index (κ1) is 24.3. The van der Waals surface area contributed by atoms with E-state index in [0.717, 1.165) is 45.9 Å². The number of ether oxygens (including phenoxy) is 1. The molecule has 0 spiro atoms. The van der Waals surface area contributed by atoms with E-state index in [-0.39, 0.29) is 18.3 Å². The van der Waals surface area contributed by atoms with Gasteiger partial charge in [-0.05, 0) is 55.8 Å². The van der Waals surface area contributed by atoms with Crippen LogP contribution < -0.4 is 10.2 Å². The number of benzene rings is 1. The number of rotatable bonds is 7. The number of hydrogen-bond donors (Lipinski definition) is 1. The van der Waals surface area contributed by atoms with Crippen molar-refractivity contribution < 1.29 is 9.13 Å². The number of nitrogens with zero attached hydrogens (tertiary/aromatic N) is 8. The Kier molecular flexibility index (Phi) is 7.31. The zero-order valence-electron chi connectivity index (χ0n) is 20.6. The largest absolute Gasteiger partial charge is 0.378 e. The summed E-state index contributed by atoms with van der Waals surface area (Å²) in [6.45, 7) is 6.37. The number of nitrogens with one attached hydrogen (secondary N) is 1. The Bertz CT molecular complexity index is 1410. The minimum atomic E-state index is -0.488. The van der Waals surface area contributed by atoms with Crippen LogP contribution in [-0.4, -0.2) is 51.2 Å². The smallest absolute Gasteiger partial charge is 0.270 e. The summed E-state index contributed by atoms with van der Waals surface area (Å²) in [5, 5.41) is 11.6. The highest BCUT2D eigenvalue weighted by molar-refractivity contribution is 5.69. The second-order valence-electron chi connectivity index (χ2n) is 8.58. The molecule has 0 unspecified atom stereocenters. The molecule has 1 saturated heterocycles. The van der Waals surface area contributed by atoms with E-state index in [4.69, 9.17) is 4.74 Å². The molecule has 0 bridgehead atoms. The van der Waals surface area contributed by atoms with Crippen LogP contribution in [0.25, 0.3) is 11.3 Å². The van der Waals surface area contributed by atoms with Crippen LogP contribution in [-0.2, 0) is 11.3 Å². The molecular weight excluding hydrogens is 473 g/mol. The lowest BCUT2D eigenvalue weighted by molar-refractivity contribution is 0.122.